The lowest BCUT2D eigenvalue weighted by molar-refractivity contribution is -0.186. The number of nitrogens with zero attached hydrogens (tertiary/aromatic N) is 1. The molecule has 1 aliphatic heterocycles. The van der Waals surface area contributed by atoms with Crippen LogP contribution < -0.4 is 0 Å². The molecule has 1 aliphatic rings. The van der Waals surface area contributed by atoms with Crippen molar-refractivity contribution in [1.29, 1.82) is 0 Å². The Hall–Kier alpha value is -1.36. The van der Waals surface area contributed by atoms with Crippen molar-refractivity contribution in [3.63, 3.8) is 0 Å². The average Bonchev–Trinajstić information content (AvgIpc) is 2.41. The van der Waals surface area contributed by atoms with Crippen LogP contribution in [-0.2, 0) is 0 Å². The van der Waals surface area contributed by atoms with E-state index in [2.05, 4.69) is 0 Å². The Kier molecular flexibility index (Phi) is 4.71. The van der Waals surface area contributed by atoms with Gasteiger partial charge < -0.3 is 0 Å². The number of ketones is 1. The Bertz CT molecular complexity index is 525. The molecule has 0 aliphatic carbocycles. The maximum absolute atomic E-state index is 12.8. The highest BCUT2D eigenvalue weighted by molar-refractivity contribution is 5.97. The zero-order valence-electron chi connectivity index (χ0n) is 12.3. The van der Waals surface area contributed by atoms with Gasteiger partial charge in [-0.1, -0.05) is 12.1 Å². The number of hydrogen-bond acceptors (Lipinski definition) is 2. The van der Waals surface area contributed by atoms with Crippen molar-refractivity contribution >= 4 is 5.78 Å². The lowest BCUT2D eigenvalue weighted by Crippen LogP contribution is -2.43. The molecule has 1 fully saturated rings. The minimum absolute atomic E-state index is 0.0646. The summed E-state index contributed by atoms with van der Waals surface area (Å²) in [6.45, 7) is 4.44. The van der Waals surface area contributed by atoms with E-state index < -0.39 is 12.1 Å². The Labute approximate surface area is 122 Å². The molecule has 2 rings (SSSR count). The van der Waals surface area contributed by atoms with E-state index in [9.17, 15) is 18.0 Å². The summed E-state index contributed by atoms with van der Waals surface area (Å²) in [5, 5.41) is 0. The molecular weight excluding hydrogens is 279 g/mol. The van der Waals surface area contributed by atoms with Gasteiger partial charge >= 0.3 is 6.18 Å². The number of rotatable bonds is 3. The first kappa shape index (κ1) is 16.0. The predicted octanol–water partition coefficient (Wildman–Crippen LogP) is 3.76. The van der Waals surface area contributed by atoms with Crippen LogP contribution >= 0.6 is 0 Å². The van der Waals surface area contributed by atoms with Gasteiger partial charge in [0.1, 0.15) is 0 Å². The van der Waals surface area contributed by atoms with Crippen molar-refractivity contribution in [2.75, 3.05) is 19.6 Å². The first-order valence-electron chi connectivity index (χ1n) is 7.17. The standard InChI is InChI=1S/C16H20F3NO/c1-11-5-6-13(8-12(11)2)15(21)10-20-7-3-4-14(9-20)16(17,18)19/h5-6,8,14H,3-4,7,9-10H2,1-2H3. The fourth-order valence-electron chi connectivity index (χ4n) is 2.68. The Balaban J connectivity index is 2.00. The average molecular weight is 299 g/mol. The quantitative estimate of drug-likeness (QED) is 0.792. The Morgan fingerprint density at radius 2 is 2.00 bits per heavy atom. The van der Waals surface area contributed by atoms with E-state index in [1.54, 1.807) is 11.0 Å². The molecule has 1 aromatic carbocycles. The van der Waals surface area contributed by atoms with Gasteiger partial charge in [-0.3, -0.25) is 9.69 Å². The molecule has 1 aromatic rings. The SMILES string of the molecule is Cc1ccc(C(=O)CN2CCCC(C(F)(F)F)C2)cc1C. The van der Waals surface area contributed by atoms with Crippen LogP contribution in [0.4, 0.5) is 13.2 Å². The topological polar surface area (TPSA) is 20.3 Å². The van der Waals surface area contributed by atoms with Crippen LogP contribution in [0.25, 0.3) is 0 Å². The van der Waals surface area contributed by atoms with Crippen LogP contribution in [0.5, 0.6) is 0 Å². The van der Waals surface area contributed by atoms with Crippen molar-refractivity contribution in [3.8, 4) is 0 Å². The first-order chi connectivity index (χ1) is 9.77. The van der Waals surface area contributed by atoms with Crippen LogP contribution in [0.3, 0.4) is 0 Å². The predicted molar refractivity (Wildman–Crippen MR) is 75.5 cm³/mol. The zero-order chi connectivity index (χ0) is 15.6. The van der Waals surface area contributed by atoms with Crippen molar-refractivity contribution in [1.82, 2.24) is 4.90 Å². The summed E-state index contributed by atoms with van der Waals surface area (Å²) in [5.41, 5.74) is 2.70. The molecule has 21 heavy (non-hydrogen) atoms. The monoisotopic (exact) mass is 299 g/mol. The second kappa shape index (κ2) is 6.18. The summed E-state index contributed by atoms with van der Waals surface area (Å²) in [5.74, 6) is -1.42. The summed E-state index contributed by atoms with van der Waals surface area (Å²) in [6.07, 6.45) is -3.51. The summed E-state index contributed by atoms with van der Waals surface area (Å²) in [6, 6.07) is 5.43. The molecule has 0 saturated carbocycles. The van der Waals surface area contributed by atoms with Gasteiger partial charge in [0.15, 0.2) is 5.78 Å². The highest BCUT2D eigenvalue weighted by atomic mass is 19.4. The number of hydrogen-bond donors (Lipinski definition) is 0. The van der Waals surface area contributed by atoms with Crippen LogP contribution in [0.2, 0.25) is 0 Å². The van der Waals surface area contributed by atoms with Crippen molar-refractivity contribution < 1.29 is 18.0 Å². The van der Waals surface area contributed by atoms with E-state index in [0.29, 0.717) is 18.5 Å². The number of carbonyl (C=O) groups excluding carboxylic acids is 1. The second-order valence-corrected chi connectivity index (χ2v) is 5.84. The maximum Gasteiger partial charge on any atom is 0.393 e. The maximum atomic E-state index is 12.8. The van der Waals surface area contributed by atoms with Crippen molar-refractivity contribution in [2.45, 2.75) is 32.9 Å². The highest BCUT2D eigenvalue weighted by Gasteiger charge is 2.41. The number of Topliss-reactive ketones (excluding diaryl/α,β-unsaturated/α-hetero) is 1. The van der Waals surface area contributed by atoms with E-state index in [1.165, 1.54) is 0 Å². The van der Waals surface area contributed by atoms with Gasteiger partial charge in [-0.2, -0.15) is 13.2 Å². The number of aryl methyl sites for hydroxylation is 2. The van der Waals surface area contributed by atoms with Crippen molar-refractivity contribution in [3.05, 3.63) is 34.9 Å². The minimum atomic E-state index is -4.16. The number of likely N-dealkylation sites (tertiary alicyclic amines) is 1. The van der Waals surface area contributed by atoms with E-state index in [-0.39, 0.29) is 25.3 Å². The van der Waals surface area contributed by atoms with Crippen molar-refractivity contribution in [2.24, 2.45) is 5.92 Å². The lowest BCUT2D eigenvalue weighted by Gasteiger charge is -2.33. The Morgan fingerprint density at radius 1 is 1.29 bits per heavy atom. The number of alkyl halides is 3. The van der Waals surface area contributed by atoms with Gasteiger partial charge in [-0.25, -0.2) is 0 Å². The van der Waals surface area contributed by atoms with E-state index in [0.717, 1.165) is 11.1 Å². The lowest BCUT2D eigenvalue weighted by atomic mass is 9.96. The largest absolute Gasteiger partial charge is 0.393 e. The molecule has 116 valence electrons. The number of halogens is 3. The summed E-state index contributed by atoms with van der Waals surface area (Å²) in [4.78, 5) is 13.8. The van der Waals surface area contributed by atoms with Crippen LogP contribution in [0, 0.1) is 19.8 Å². The normalized spacial score (nSPS) is 20.5. The van der Waals surface area contributed by atoms with Crippen LogP contribution in [0.1, 0.15) is 34.3 Å². The zero-order valence-corrected chi connectivity index (χ0v) is 12.3. The second-order valence-electron chi connectivity index (χ2n) is 5.84. The molecule has 0 radical (unpaired) electrons. The summed E-state index contributed by atoms with van der Waals surface area (Å²) in [7, 11) is 0. The number of benzene rings is 1. The molecule has 5 heteroatoms. The third-order valence-electron chi connectivity index (χ3n) is 4.16. The fraction of sp³-hybridized carbons (Fsp3) is 0.562. The molecule has 1 saturated heterocycles. The fourth-order valence-corrected chi connectivity index (χ4v) is 2.68. The van der Waals surface area contributed by atoms with Gasteiger partial charge in [-0.05, 0) is 50.4 Å². The van der Waals surface area contributed by atoms with Gasteiger partial charge in [0, 0.05) is 12.1 Å². The van der Waals surface area contributed by atoms with E-state index >= 15 is 0 Å². The molecule has 0 amide bonds. The molecular formula is C16H20F3NO. The molecule has 0 bridgehead atoms. The molecule has 2 nitrogen and oxygen atoms in total. The molecule has 0 N–H and O–H groups in total. The van der Waals surface area contributed by atoms with Gasteiger partial charge in [0.05, 0.1) is 12.5 Å². The first-order valence-corrected chi connectivity index (χ1v) is 7.17. The Morgan fingerprint density at radius 3 is 2.62 bits per heavy atom. The molecule has 0 spiro atoms. The third-order valence-corrected chi connectivity index (χ3v) is 4.16. The number of carbonyl (C=O) groups is 1. The third kappa shape index (κ3) is 4.06. The van der Waals surface area contributed by atoms with Gasteiger partial charge in [-0.15, -0.1) is 0 Å². The molecule has 1 unspecified atom stereocenters. The highest BCUT2D eigenvalue weighted by Crippen LogP contribution is 2.33. The molecule has 1 heterocycles. The smallest absolute Gasteiger partial charge is 0.295 e. The summed E-state index contributed by atoms with van der Waals surface area (Å²) >= 11 is 0. The minimum Gasteiger partial charge on any atom is -0.295 e. The number of piperidine rings is 1. The van der Waals surface area contributed by atoms with Crippen LogP contribution in [-0.4, -0.2) is 36.5 Å². The molecule has 0 aromatic heterocycles. The van der Waals surface area contributed by atoms with E-state index in [4.69, 9.17) is 0 Å². The molecule has 1 atom stereocenters. The van der Waals surface area contributed by atoms with E-state index in [1.807, 2.05) is 26.0 Å². The van der Waals surface area contributed by atoms with Crippen LogP contribution in [0.15, 0.2) is 18.2 Å². The van der Waals surface area contributed by atoms with Gasteiger partial charge in [0.2, 0.25) is 0 Å². The summed E-state index contributed by atoms with van der Waals surface area (Å²) < 4.78 is 38.3. The van der Waals surface area contributed by atoms with Gasteiger partial charge in [0.25, 0.3) is 0 Å².